The fourth-order valence-corrected chi connectivity index (χ4v) is 4.52. The van der Waals surface area contributed by atoms with E-state index >= 15 is 0 Å². The Bertz CT molecular complexity index is 1500. The number of allylic oxidation sites excluding steroid dienone is 1. The number of aryl methyl sites for hydroxylation is 1. The molecule has 1 aliphatic rings. The van der Waals surface area contributed by atoms with Crippen LogP contribution in [-0.4, -0.2) is 26.4 Å². The summed E-state index contributed by atoms with van der Waals surface area (Å²) >= 11 is 0. The molecule has 0 aliphatic carbocycles. The highest BCUT2D eigenvalue weighted by atomic mass is 16.7. The summed E-state index contributed by atoms with van der Waals surface area (Å²) in [5, 5.41) is 3.90. The third-order valence-corrected chi connectivity index (χ3v) is 6.39. The van der Waals surface area contributed by atoms with Crippen molar-refractivity contribution in [3.8, 4) is 34.1 Å². The van der Waals surface area contributed by atoms with Gasteiger partial charge in [-0.3, -0.25) is 4.79 Å². The molecule has 0 atom stereocenters. The topological polar surface area (TPSA) is 79.2 Å². The van der Waals surface area contributed by atoms with Gasteiger partial charge in [-0.1, -0.05) is 18.2 Å². The molecule has 2 heterocycles. The number of rotatable bonds is 8. The molecule has 0 bridgehead atoms. The molecule has 190 valence electrons. The Hall–Kier alpha value is -4.39. The molecule has 1 aromatic heterocycles. The van der Waals surface area contributed by atoms with E-state index in [9.17, 15) is 4.79 Å². The number of hydrogen-bond donors (Lipinski definition) is 1. The number of amides is 1. The smallest absolute Gasteiger partial charge is 0.244 e. The standard InChI is InChI=1S/C30H29NO6/c1-5-34-29-19(3)30-24(25(16-35-30)21-7-6-8-22(13-21)33-4)14-23(29)18(2)11-28(32)31-15-20-9-10-26-27(12-20)37-17-36-26/h6-14,16H,5,15,17H2,1-4H3,(H,31,32)/b18-11+. The molecular formula is C30H29NO6. The first-order chi connectivity index (χ1) is 18.0. The molecule has 3 aromatic carbocycles. The SMILES string of the molecule is CCOc1c(/C(C)=C/C(=O)NCc2ccc3c(c2)OCO3)cc2c(-c3cccc(OC)c3)coc2c1C. The van der Waals surface area contributed by atoms with E-state index in [1.807, 2.05) is 69.3 Å². The maximum atomic E-state index is 12.8. The number of ether oxygens (including phenoxy) is 4. The lowest BCUT2D eigenvalue weighted by molar-refractivity contribution is -0.116. The van der Waals surface area contributed by atoms with Crippen molar-refractivity contribution < 1.29 is 28.2 Å². The van der Waals surface area contributed by atoms with Crippen molar-refractivity contribution >= 4 is 22.4 Å². The number of carbonyl (C=O) groups is 1. The van der Waals surface area contributed by atoms with Gasteiger partial charge in [0.2, 0.25) is 12.7 Å². The summed E-state index contributed by atoms with van der Waals surface area (Å²) in [5.41, 5.74) is 6.13. The number of benzene rings is 3. The van der Waals surface area contributed by atoms with Crippen LogP contribution in [0, 0.1) is 6.92 Å². The molecule has 0 unspecified atom stereocenters. The van der Waals surface area contributed by atoms with E-state index in [4.69, 9.17) is 23.4 Å². The summed E-state index contributed by atoms with van der Waals surface area (Å²) < 4.78 is 28.2. The van der Waals surface area contributed by atoms with Crippen molar-refractivity contribution in [1.29, 1.82) is 0 Å². The average molecular weight is 500 g/mol. The van der Waals surface area contributed by atoms with E-state index < -0.39 is 0 Å². The number of hydrogen-bond acceptors (Lipinski definition) is 6. The average Bonchev–Trinajstić information content (AvgIpc) is 3.56. The van der Waals surface area contributed by atoms with Crippen LogP contribution >= 0.6 is 0 Å². The van der Waals surface area contributed by atoms with E-state index in [1.165, 1.54) is 0 Å². The zero-order valence-electron chi connectivity index (χ0n) is 21.3. The van der Waals surface area contributed by atoms with Crippen LogP contribution < -0.4 is 24.3 Å². The molecule has 0 spiro atoms. The molecule has 4 aromatic rings. The summed E-state index contributed by atoms with van der Waals surface area (Å²) in [5.74, 6) is 2.68. The normalized spacial score (nSPS) is 12.6. The molecule has 5 rings (SSSR count). The highest BCUT2D eigenvalue weighted by Gasteiger charge is 2.20. The minimum Gasteiger partial charge on any atom is -0.497 e. The van der Waals surface area contributed by atoms with Crippen molar-refractivity contribution in [2.24, 2.45) is 0 Å². The van der Waals surface area contributed by atoms with Crippen LogP contribution in [0.5, 0.6) is 23.0 Å². The van der Waals surface area contributed by atoms with Gasteiger partial charge in [-0.25, -0.2) is 0 Å². The zero-order valence-corrected chi connectivity index (χ0v) is 21.3. The predicted molar refractivity (Wildman–Crippen MR) is 142 cm³/mol. The van der Waals surface area contributed by atoms with E-state index in [2.05, 4.69) is 5.32 Å². The molecule has 0 fully saturated rings. The fraction of sp³-hybridized carbons (Fsp3) is 0.233. The minimum atomic E-state index is -0.199. The molecule has 1 amide bonds. The quantitative estimate of drug-likeness (QED) is 0.288. The van der Waals surface area contributed by atoms with Crippen LogP contribution in [0.4, 0.5) is 0 Å². The Labute approximate surface area is 215 Å². The lowest BCUT2D eigenvalue weighted by atomic mass is 9.96. The highest BCUT2D eigenvalue weighted by molar-refractivity contribution is 6.01. The van der Waals surface area contributed by atoms with Gasteiger partial charge in [-0.2, -0.15) is 0 Å². The van der Waals surface area contributed by atoms with Crippen LogP contribution in [0.3, 0.4) is 0 Å². The van der Waals surface area contributed by atoms with Gasteiger partial charge in [0.25, 0.3) is 0 Å². The third-order valence-electron chi connectivity index (χ3n) is 6.39. The number of nitrogens with one attached hydrogen (secondary N) is 1. The molecule has 0 saturated heterocycles. The van der Waals surface area contributed by atoms with Crippen molar-refractivity contribution in [3.63, 3.8) is 0 Å². The van der Waals surface area contributed by atoms with Gasteiger partial charge < -0.3 is 28.7 Å². The van der Waals surface area contributed by atoms with Crippen LogP contribution in [0.25, 0.3) is 27.7 Å². The van der Waals surface area contributed by atoms with Gasteiger partial charge in [-0.05, 0) is 67.8 Å². The van der Waals surface area contributed by atoms with Crippen LogP contribution in [0.1, 0.15) is 30.5 Å². The minimum absolute atomic E-state index is 0.199. The Kier molecular flexibility index (Phi) is 6.77. The first kappa shape index (κ1) is 24.3. The molecular weight excluding hydrogens is 470 g/mol. The number of fused-ring (bicyclic) bond motifs is 2. The van der Waals surface area contributed by atoms with Gasteiger partial charge in [0.05, 0.1) is 20.0 Å². The van der Waals surface area contributed by atoms with Gasteiger partial charge >= 0.3 is 0 Å². The van der Waals surface area contributed by atoms with Crippen molar-refractivity contribution in [2.45, 2.75) is 27.3 Å². The molecule has 7 nitrogen and oxygen atoms in total. The highest BCUT2D eigenvalue weighted by Crippen LogP contribution is 2.41. The molecule has 1 N–H and O–H groups in total. The first-order valence-electron chi connectivity index (χ1n) is 12.2. The van der Waals surface area contributed by atoms with E-state index in [1.54, 1.807) is 19.4 Å². The monoisotopic (exact) mass is 499 g/mol. The number of methoxy groups -OCH3 is 1. The Morgan fingerprint density at radius 3 is 2.76 bits per heavy atom. The Morgan fingerprint density at radius 1 is 1.11 bits per heavy atom. The molecule has 37 heavy (non-hydrogen) atoms. The van der Waals surface area contributed by atoms with E-state index in [0.717, 1.165) is 50.1 Å². The third kappa shape index (κ3) is 4.85. The second kappa shape index (κ2) is 10.3. The maximum absolute atomic E-state index is 12.8. The van der Waals surface area contributed by atoms with Gasteiger partial charge in [-0.15, -0.1) is 0 Å². The summed E-state index contributed by atoms with van der Waals surface area (Å²) in [6.07, 6.45) is 3.35. The maximum Gasteiger partial charge on any atom is 0.244 e. The summed E-state index contributed by atoms with van der Waals surface area (Å²) in [7, 11) is 1.65. The second-order valence-corrected chi connectivity index (χ2v) is 8.80. The molecule has 1 aliphatic heterocycles. The lowest BCUT2D eigenvalue weighted by Crippen LogP contribution is -2.20. The number of carbonyl (C=O) groups excluding carboxylic acids is 1. The zero-order chi connectivity index (χ0) is 25.9. The molecule has 0 radical (unpaired) electrons. The number of furan rings is 1. The van der Waals surface area contributed by atoms with Crippen molar-refractivity contribution in [2.75, 3.05) is 20.5 Å². The van der Waals surface area contributed by atoms with Crippen molar-refractivity contribution in [1.82, 2.24) is 5.32 Å². The van der Waals surface area contributed by atoms with E-state index in [0.29, 0.717) is 30.4 Å². The largest absolute Gasteiger partial charge is 0.497 e. The van der Waals surface area contributed by atoms with Gasteiger partial charge in [0.1, 0.15) is 17.1 Å². The lowest BCUT2D eigenvalue weighted by Gasteiger charge is -2.15. The molecule has 0 saturated carbocycles. The first-order valence-corrected chi connectivity index (χ1v) is 12.2. The molecule has 7 heteroatoms. The van der Waals surface area contributed by atoms with Crippen LogP contribution in [0.2, 0.25) is 0 Å². The van der Waals surface area contributed by atoms with Crippen LogP contribution in [0.15, 0.2) is 65.3 Å². The summed E-state index contributed by atoms with van der Waals surface area (Å²) in [6, 6.07) is 15.5. The Balaban J connectivity index is 1.46. The van der Waals surface area contributed by atoms with Crippen molar-refractivity contribution in [3.05, 3.63) is 77.6 Å². The fourth-order valence-electron chi connectivity index (χ4n) is 4.52. The second-order valence-electron chi connectivity index (χ2n) is 8.80. The summed E-state index contributed by atoms with van der Waals surface area (Å²) in [4.78, 5) is 12.8. The van der Waals surface area contributed by atoms with Gasteiger partial charge in [0, 0.05) is 34.7 Å². The predicted octanol–water partition coefficient (Wildman–Crippen LogP) is 6.26. The Morgan fingerprint density at radius 2 is 1.95 bits per heavy atom. The van der Waals surface area contributed by atoms with Crippen LogP contribution in [-0.2, 0) is 11.3 Å². The van der Waals surface area contributed by atoms with E-state index in [-0.39, 0.29) is 12.7 Å². The van der Waals surface area contributed by atoms with Gasteiger partial charge in [0.15, 0.2) is 11.5 Å². The summed E-state index contributed by atoms with van der Waals surface area (Å²) in [6.45, 7) is 6.91.